The highest BCUT2D eigenvalue weighted by Gasteiger charge is 2.16. The SMILES string of the molecule is C=C1c2ccccc2CCc2cccnc21. The number of nitrogens with zero attached hydrogens (tertiary/aromatic N) is 1. The van der Waals surface area contributed by atoms with E-state index in [0.29, 0.717) is 0 Å². The maximum atomic E-state index is 4.46. The highest BCUT2D eigenvalue weighted by Crippen LogP contribution is 2.30. The highest BCUT2D eigenvalue weighted by molar-refractivity contribution is 5.80. The van der Waals surface area contributed by atoms with E-state index in [9.17, 15) is 0 Å². The summed E-state index contributed by atoms with van der Waals surface area (Å²) < 4.78 is 0. The van der Waals surface area contributed by atoms with Crippen molar-refractivity contribution in [1.29, 1.82) is 0 Å². The van der Waals surface area contributed by atoms with E-state index < -0.39 is 0 Å². The number of rotatable bonds is 0. The summed E-state index contributed by atoms with van der Waals surface area (Å²) in [6, 6.07) is 12.6. The van der Waals surface area contributed by atoms with Gasteiger partial charge in [0.15, 0.2) is 0 Å². The molecule has 78 valence electrons. The van der Waals surface area contributed by atoms with Gasteiger partial charge < -0.3 is 0 Å². The summed E-state index contributed by atoms with van der Waals surface area (Å²) in [6.07, 6.45) is 3.98. The van der Waals surface area contributed by atoms with E-state index in [1.165, 1.54) is 16.7 Å². The Hall–Kier alpha value is -1.89. The third-order valence-corrected chi connectivity index (χ3v) is 3.18. The zero-order chi connectivity index (χ0) is 11.0. The van der Waals surface area contributed by atoms with Crippen molar-refractivity contribution >= 4 is 5.57 Å². The number of aromatic nitrogens is 1. The lowest BCUT2D eigenvalue weighted by Crippen LogP contribution is -1.93. The van der Waals surface area contributed by atoms with Gasteiger partial charge in [-0.25, -0.2) is 0 Å². The Morgan fingerprint density at radius 2 is 1.69 bits per heavy atom. The van der Waals surface area contributed by atoms with Crippen molar-refractivity contribution in [3.8, 4) is 0 Å². The Morgan fingerprint density at radius 3 is 2.62 bits per heavy atom. The van der Waals surface area contributed by atoms with Gasteiger partial charge in [0.2, 0.25) is 0 Å². The van der Waals surface area contributed by atoms with Crippen molar-refractivity contribution < 1.29 is 0 Å². The van der Waals surface area contributed by atoms with Gasteiger partial charge >= 0.3 is 0 Å². The second kappa shape index (κ2) is 3.60. The molecule has 0 radical (unpaired) electrons. The van der Waals surface area contributed by atoms with E-state index in [1.807, 2.05) is 12.3 Å². The molecule has 2 aromatic rings. The Labute approximate surface area is 95.5 Å². The first-order chi connectivity index (χ1) is 7.86. The highest BCUT2D eigenvalue weighted by atomic mass is 14.7. The van der Waals surface area contributed by atoms with Crippen LogP contribution >= 0.6 is 0 Å². The molecule has 1 nitrogen and oxygen atoms in total. The first-order valence-corrected chi connectivity index (χ1v) is 5.58. The Balaban J connectivity index is 2.22. The third kappa shape index (κ3) is 1.36. The van der Waals surface area contributed by atoms with Crippen LogP contribution in [0, 0.1) is 0 Å². The Bertz CT molecular complexity index is 505. The van der Waals surface area contributed by atoms with Crippen LogP contribution in [0.25, 0.3) is 5.57 Å². The van der Waals surface area contributed by atoms with Crippen LogP contribution in [0.4, 0.5) is 0 Å². The fourth-order valence-corrected chi connectivity index (χ4v) is 2.34. The zero-order valence-electron chi connectivity index (χ0n) is 9.11. The average Bonchev–Trinajstić information content (AvgIpc) is 2.49. The number of pyridine rings is 1. The first-order valence-electron chi connectivity index (χ1n) is 5.58. The van der Waals surface area contributed by atoms with Gasteiger partial charge in [0.05, 0.1) is 5.69 Å². The van der Waals surface area contributed by atoms with Crippen LogP contribution in [0.1, 0.15) is 22.4 Å². The van der Waals surface area contributed by atoms with E-state index in [1.54, 1.807) is 0 Å². The minimum absolute atomic E-state index is 1.05. The molecule has 1 aromatic heterocycles. The minimum atomic E-state index is 1.05. The smallest absolute Gasteiger partial charge is 0.0734 e. The molecule has 0 bridgehead atoms. The van der Waals surface area contributed by atoms with Crippen LogP contribution in [0.3, 0.4) is 0 Å². The minimum Gasteiger partial charge on any atom is -0.256 e. The quantitative estimate of drug-likeness (QED) is 0.646. The van der Waals surface area contributed by atoms with Gasteiger partial charge in [-0.1, -0.05) is 36.9 Å². The molecule has 0 N–H and O–H groups in total. The lowest BCUT2D eigenvalue weighted by molar-refractivity contribution is 0.955. The van der Waals surface area contributed by atoms with Gasteiger partial charge in [-0.05, 0) is 35.6 Å². The maximum Gasteiger partial charge on any atom is 0.0734 e. The first kappa shape index (κ1) is 9.34. The lowest BCUT2D eigenvalue weighted by Gasteiger charge is -2.07. The van der Waals surface area contributed by atoms with Gasteiger partial charge in [-0.2, -0.15) is 0 Å². The van der Waals surface area contributed by atoms with Crippen LogP contribution in [0.5, 0.6) is 0 Å². The predicted molar refractivity (Wildman–Crippen MR) is 66.2 cm³/mol. The maximum absolute atomic E-state index is 4.46. The van der Waals surface area contributed by atoms with Crippen molar-refractivity contribution in [1.82, 2.24) is 4.98 Å². The Morgan fingerprint density at radius 1 is 0.938 bits per heavy atom. The fraction of sp³-hybridized carbons (Fsp3) is 0.133. The van der Waals surface area contributed by atoms with Crippen molar-refractivity contribution in [2.75, 3.05) is 0 Å². The van der Waals surface area contributed by atoms with E-state index in [-0.39, 0.29) is 0 Å². The molecule has 1 heterocycles. The van der Waals surface area contributed by atoms with E-state index in [2.05, 4.69) is 41.9 Å². The topological polar surface area (TPSA) is 12.9 Å². The summed E-state index contributed by atoms with van der Waals surface area (Å²) in [5.41, 5.74) is 6.06. The van der Waals surface area contributed by atoms with E-state index in [4.69, 9.17) is 0 Å². The third-order valence-electron chi connectivity index (χ3n) is 3.18. The molecule has 1 aliphatic carbocycles. The van der Waals surface area contributed by atoms with Gasteiger partial charge in [-0.15, -0.1) is 0 Å². The number of hydrogen-bond donors (Lipinski definition) is 0. The molecule has 16 heavy (non-hydrogen) atoms. The van der Waals surface area contributed by atoms with Crippen LogP contribution in [0.15, 0.2) is 49.2 Å². The molecular formula is C15H13N. The molecule has 0 atom stereocenters. The molecule has 0 saturated carbocycles. The number of hydrogen-bond acceptors (Lipinski definition) is 1. The van der Waals surface area contributed by atoms with Crippen LogP contribution in [-0.2, 0) is 12.8 Å². The van der Waals surface area contributed by atoms with Crippen molar-refractivity contribution in [2.45, 2.75) is 12.8 Å². The summed E-state index contributed by atoms with van der Waals surface area (Å²) >= 11 is 0. The largest absolute Gasteiger partial charge is 0.256 e. The zero-order valence-corrected chi connectivity index (χ0v) is 9.11. The van der Waals surface area contributed by atoms with Crippen molar-refractivity contribution in [2.24, 2.45) is 0 Å². The number of aryl methyl sites for hydroxylation is 2. The molecular weight excluding hydrogens is 194 g/mol. The standard InChI is InChI=1S/C15H13N/c1-11-14-7-3-2-5-12(14)8-9-13-6-4-10-16-15(11)13/h2-7,10H,1,8-9H2. The molecule has 0 spiro atoms. The molecule has 0 saturated heterocycles. The fourth-order valence-electron chi connectivity index (χ4n) is 2.34. The van der Waals surface area contributed by atoms with Gasteiger partial charge in [0.25, 0.3) is 0 Å². The number of fused-ring (bicyclic) bond motifs is 2. The second-order valence-electron chi connectivity index (χ2n) is 4.15. The van der Waals surface area contributed by atoms with Gasteiger partial charge in [0.1, 0.15) is 0 Å². The summed E-state index contributed by atoms with van der Waals surface area (Å²) in [6.45, 7) is 4.19. The monoisotopic (exact) mass is 207 g/mol. The molecule has 3 rings (SSSR count). The summed E-state index contributed by atoms with van der Waals surface area (Å²) in [4.78, 5) is 4.46. The molecule has 0 unspecified atom stereocenters. The number of benzene rings is 1. The Kier molecular flexibility index (Phi) is 2.10. The van der Waals surface area contributed by atoms with Gasteiger partial charge in [-0.3, -0.25) is 4.98 Å². The summed E-state index contributed by atoms with van der Waals surface area (Å²) in [7, 11) is 0. The molecule has 1 aliphatic rings. The van der Waals surface area contributed by atoms with E-state index in [0.717, 1.165) is 24.1 Å². The molecule has 0 amide bonds. The summed E-state index contributed by atoms with van der Waals surface area (Å²) in [5, 5.41) is 0. The van der Waals surface area contributed by atoms with Gasteiger partial charge in [0, 0.05) is 11.8 Å². The van der Waals surface area contributed by atoms with Crippen LogP contribution in [-0.4, -0.2) is 4.98 Å². The predicted octanol–water partition coefficient (Wildman–Crippen LogP) is 3.24. The molecule has 0 aliphatic heterocycles. The normalized spacial score (nSPS) is 13.9. The van der Waals surface area contributed by atoms with Crippen molar-refractivity contribution in [3.63, 3.8) is 0 Å². The summed E-state index contributed by atoms with van der Waals surface area (Å²) in [5.74, 6) is 0. The lowest BCUT2D eigenvalue weighted by atomic mass is 9.99. The average molecular weight is 207 g/mol. The molecule has 1 aromatic carbocycles. The molecule has 0 fully saturated rings. The molecule has 1 heteroatoms. The van der Waals surface area contributed by atoms with Crippen LogP contribution in [0.2, 0.25) is 0 Å². The second-order valence-corrected chi connectivity index (χ2v) is 4.15. The van der Waals surface area contributed by atoms with Crippen molar-refractivity contribution in [3.05, 3.63) is 71.6 Å². The van der Waals surface area contributed by atoms with Crippen LogP contribution < -0.4 is 0 Å². The van der Waals surface area contributed by atoms with E-state index >= 15 is 0 Å².